The van der Waals surface area contributed by atoms with Gasteiger partial charge in [-0.3, -0.25) is 14.5 Å². The second-order valence-electron chi connectivity index (χ2n) is 20.2. The summed E-state index contributed by atoms with van der Waals surface area (Å²) < 4.78 is 11.8. The molecule has 2 unspecified atom stereocenters. The number of carbonyl (C=O) groups is 2. The zero-order chi connectivity index (χ0) is 45.3. The Morgan fingerprint density at radius 3 is 1.21 bits per heavy atom. The fourth-order valence-electron chi connectivity index (χ4n) is 9.74. The number of hydrogen-bond donors (Lipinski definition) is 1. The molecule has 1 fully saturated rings. The first-order valence-corrected chi connectivity index (χ1v) is 27.7. The fraction of sp³-hybridized carbons (Fsp3) is 0.964. The summed E-state index contributed by atoms with van der Waals surface area (Å²) in [5.74, 6) is 1.02. The summed E-state index contributed by atoms with van der Waals surface area (Å²) in [5, 5.41) is 10.2. The summed E-state index contributed by atoms with van der Waals surface area (Å²) in [6.45, 7) is 19.1. The highest BCUT2D eigenvalue weighted by molar-refractivity contribution is 5.69. The smallest absolute Gasteiger partial charge is 0.305 e. The predicted molar refractivity (Wildman–Crippen MR) is 266 cm³/mol. The highest BCUT2D eigenvalue weighted by Crippen LogP contribution is 2.25. The van der Waals surface area contributed by atoms with Crippen LogP contribution in [0.4, 0.5) is 0 Å². The van der Waals surface area contributed by atoms with Crippen LogP contribution in [0.3, 0.4) is 0 Å². The summed E-state index contributed by atoms with van der Waals surface area (Å²) in [6.07, 6.45) is 41.8. The van der Waals surface area contributed by atoms with Gasteiger partial charge < -0.3 is 19.5 Å². The van der Waals surface area contributed by atoms with Crippen molar-refractivity contribution in [1.29, 1.82) is 0 Å². The first-order valence-electron chi connectivity index (χ1n) is 27.7. The fourth-order valence-corrected chi connectivity index (χ4v) is 9.74. The molecule has 2 atom stereocenters. The molecule has 0 aromatic heterocycles. The molecule has 0 bridgehead atoms. The Kier molecular flexibility index (Phi) is 40.3. The van der Waals surface area contributed by atoms with Gasteiger partial charge in [0.05, 0.1) is 19.3 Å². The van der Waals surface area contributed by atoms with Crippen molar-refractivity contribution in [2.45, 2.75) is 291 Å². The molecule has 0 radical (unpaired) electrons. The van der Waals surface area contributed by atoms with Crippen LogP contribution in [0.2, 0.25) is 0 Å². The molecular weight excluding hydrogens is 769 g/mol. The molecule has 0 aliphatic heterocycles. The molecule has 0 aromatic rings. The third-order valence-corrected chi connectivity index (χ3v) is 14.0. The van der Waals surface area contributed by atoms with Crippen molar-refractivity contribution in [1.82, 2.24) is 9.80 Å². The van der Waals surface area contributed by atoms with Crippen LogP contribution in [0.25, 0.3) is 0 Å². The molecule has 1 aliphatic carbocycles. The van der Waals surface area contributed by atoms with Crippen LogP contribution in [0.1, 0.15) is 273 Å². The van der Waals surface area contributed by atoms with Crippen molar-refractivity contribution < 1.29 is 24.2 Å². The molecule has 1 N–H and O–H groups in total. The minimum absolute atomic E-state index is 0.00707. The lowest BCUT2D eigenvalue weighted by Crippen LogP contribution is -2.47. The molecule has 0 saturated heterocycles. The van der Waals surface area contributed by atoms with Crippen molar-refractivity contribution in [3.05, 3.63) is 0 Å². The second kappa shape index (κ2) is 42.5. The quantitative estimate of drug-likeness (QED) is 0.0482. The molecule has 62 heavy (non-hydrogen) atoms. The number of aliphatic hydroxyl groups excluding tert-OH is 1. The van der Waals surface area contributed by atoms with E-state index in [0.29, 0.717) is 50.0 Å². The molecule has 1 rings (SSSR count). The van der Waals surface area contributed by atoms with Crippen LogP contribution >= 0.6 is 0 Å². The van der Waals surface area contributed by atoms with E-state index in [1.165, 1.54) is 154 Å². The Balaban J connectivity index is 2.58. The summed E-state index contributed by atoms with van der Waals surface area (Å²) in [4.78, 5) is 31.0. The number of ether oxygens (including phenoxy) is 2. The lowest BCUT2D eigenvalue weighted by molar-refractivity contribution is -0.146. The molecule has 0 aromatic carbocycles. The van der Waals surface area contributed by atoms with Crippen LogP contribution in [-0.2, 0) is 19.1 Å². The van der Waals surface area contributed by atoms with Gasteiger partial charge >= 0.3 is 11.9 Å². The minimum atomic E-state index is -0.129. The van der Waals surface area contributed by atoms with E-state index in [1.54, 1.807) is 0 Å². The number of nitrogens with zero attached hydrogens (tertiary/aromatic N) is 2. The minimum Gasteiger partial charge on any atom is -0.465 e. The van der Waals surface area contributed by atoms with Crippen LogP contribution < -0.4 is 0 Å². The molecule has 368 valence electrons. The van der Waals surface area contributed by atoms with Crippen molar-refractivity contribution >= 4 is 11.9 Å². The number of hydrogen-bond acceptors (Lipinski definition) is 7. The van der Waals surface area contributed by atoms with Gasteiger partial charge in [0.1, 0.15) is 0 Å². The van der Waals surface area contributed by atoms with E-state index in [9.17, 15) is 14.7 Å². The predicted octanol–water partition coefficient (Wildman–Crippen LogP) is 15.2. The summed E-state index contributed by atoms with van der Waals surface area (Å²) in [7, 11) is 0. The standard InChI is InChI=1S/C55H108N2O5/c1-7-11-15-19-21-27-35-50(33-25-17-13-9-3)47-61-54(59)37-29-23-31-43-56(45-46-57(49(5)6)52-39-41-53(58)42-40-52)44-32-24-30-38-55(60)62-48-51(34-26-18-14-10-4)36-28-22-20-16-12-8-2/h49-53,58H,7-48H2,1-6H3. The van der Waals surface area contributed by atoms with Crippen LogP contribution in [0, 0.1) is 11.8 Å². The van der Waals surface area contributed by atoms with E-state index in [0.717, 1.165) is 90.4 Å². The average molecular weight is 877 g/mol. The number of unbranched alkanes of at least 4 members (excludes halogenated alkanes) is 20. The summed E-state index contributed by atoms with van der Waals surface area (Å²) in [5.41, 5.74) is 0. The van der Waals surface area contributed by atoms with E-state index >= 15 is 0 Å². The Bertz CT molecular complexity index is 927. The number of carbonyl (C=O) groups excluding carboxylic acids is 2. The second-order valence-corrected chi connectivity index (χ2v) is 20.2. The average Bonchev–Trinajstić information content (AvgIpc) is 3.26. The molecular formula is C55H108N2O5. The SMILES string of the molecule is CCCCCCCCC(CCCCCC)COC(=O)CCCCCN(CCCCCC(=O)OCC(CCCCCC)CCCCCCCC)CCN(C(C)C)C1CCC(O)CC1. The zero-order valence-electron chi connectivity index (χ0n) is 42.6. The molecule has 0 heterocycles. The van der Waals surface area contributed by atoms with Crippen LogP contribution in [0.5, 0.6) is 0 Å². The highest BCUT2D eigenvalue weighted by atomic mass is 16.5. The molecule has 7 nitrogen and oxygen atoms in total. The van der Waals surface area contributed by atoms with Gasteiger partial charge in [-0.05, 0) is 116 Å². The van der Waals surface area contributed by atoms with Gasteiger partial charge in [-0.25, -0.2) is 0 Å². The maximum atomic E-state index is 12.9. The zero-order valence-corrected chi connectivity index (χ0v) is 42.6. The molecule has 7 heteroatoms. The van der Waals surface area contributed by atoms with Gasteiger partial charge in [-0.2, -0.15) is 0 Å². The molecule has 0 spiro atoms. The number of rotatable bonds is 45. The lowest BCUT2D eigenvalue weighted by Gasteiger charge is -2.39. The van der Waals surface area contributed by atoms with Crippen molar-refractivity contribution in [2.75, 3.05) is 39.4 Å². The van der Waals surface area contributed by atoms with E-state index in [4.69, 9.17) is 9.47 Å². The van der Waals surface area contributed by atoms with Crippen molar-refractivity contribution in [3.63, 3.8) is 0 Å². The largest absolute Gasteiger partial charge is 0.465 e. The van der Waals surface area contributed by atoms with Gasteiger partial charge in [-0.15, -0.1) is 0 Å². The third-order valence-electron chi connectivity index (χ3n) is 14.0. The summed E-state index contributed by atoms with van der Waals surface area (Å²) >= 11 is 0. The van der Waals surface area contributed by atoms with E-state index in [2.05, 4.69) is 51.3 Å². The van der Waals surface area contributed by atoms with Gasteiger partial charge in [-0.1, -0.05) is 169 Å². The molecule has 0 amide bonds. The van der Waals surface area contributed by atoms with Crippen LogP contribution in [0.15, 0.2) is 0 Å². The van der Waals surface area contributed by atoms with Gasteiger partial charge in [0.25, 0.3) is 0 Å². The normalized spacial score (nSPS) is 16.7. The molecule has 1 saturated carbocycles. The highest BCUT2D eigenvalue weighted by Gasteiger charge is 2.27. The van der Waals surface area contributed by atoms with Gasteiger partial charge in [0, 0.05) is 38.0 Å². The topological polar surface area (TPSA) is 79.3 Å². The Morgan fingerprint density at radius 2 is 0.823 bits per heavy atom. The van der Waals surface area contributed by atoms with Crippen molar-refractivity contribution in [3.8, 4) is 0 Å². The Labute approximate surface area is 386 Å². The van der Waals surface area contributed by atoms with E-state index in [-0.39, 0.29) is 18.0 Å². The third kappa shape index (κ3) is 34.2. The number of esters is 2. The van der Waals surface area contributed by atoms with E-state index < -0.39 is 0 Å². The van der Waals surface area contributed by atoms with Gasteiger partial charge in [0.2, 0.25) is 0 Å². The lowest BCUT2D eigenvalue weighted by atomic mass is 9.91. The first-order chi connectivity index (χ1) is 30.2. The Hall–Kier alpha value is -1.18. The number of aliphatic hydroxyl groups is 1. The molecule has 1 aliphatic rings. The summed E-state index contributed by atoms with van der Waals surface area (Å²) in [6, 6.07) is 1.04. The first kappa shape index (κ1) is 58.8. The maximum Gasteiger partial charge on any atom is 0.305 e. The van der Waals surface area contributed by atoms with E-state index in [1.807, 2.05) is 0 Å². The van der Waals surface area contributed by atoms with Gasteiger partial charge in [0.15, 0.2) is 0 Å². The monoisotopic (exact) mass is 877 g/mol. The van der Waals surface area contributed by atoms with Crippen molar-refractivity contribution in [2.24, 2.45) is 11.8 Å². The Morgan fingerprint density at radius 1 is 0.468 bits per heavy atom. The maximum absolute atomic E-state index is 12.9. The van der Waals surface area contributed by atoms with Crippen LogP contribution in [-0.4, -0.2) is 84.4 Å².